The summed E-state index contributed by atoms with van der Waals surface area (Å²) in [6.45, 7) is 2.86. The quantitative estimate of drug-likeness (QED) is 0.873. The van der Waals surface area contributed by atoms with Crippen LogP contribution in [0.3, 0.4) is 0 Å². The Morgan fingerprint density at radius 3 is 2.38 bits per heavy atom. The standard InChI is InChI=1S/C18H22N2O3S/c21-24(22,15-10-16-6-2-1-3-7-16)19-17-8-4-5-9-18(17)20-11-13-23-14-12-20/h1-9,19H,10-15H2. The molecule has 0 aliphatic carbocycles. The SMILES string of the molecule is O=S(=O)(CCc1ccccc1)Nc1ccccc1N1CCOCC1. The molecule has 3 rings (SSSR count). The Kier molecular flexibility index (Phi) is 5.37. The number of morpholine rings is 1. The van der Waals surface area contributed by atoms with Crippen LogP contribution in [0.1, 0.15) is 5.56 Å². The van der Waals surface area contributed by atoms with E-state index in [0.717, 1.165) is 24.3 Å². The first-order valence-corrected chi connectivity index (χ1v) is 9.75. The fourth-order valence-corrected chi connectivity index (χ4v) is 3.87. The van der Waals surface area contributed by atoms with Crippen molar-refractivity contribution in [3.8, 4) is 0 Å². The number of rotatable bonds is 6. The minimum absolute atomic E-state index is 0.0639. The summed E-state index contributed by atoms with van der Waals surface area (Å²) in [6, 6.07) is 17.2. The third-order valence-corrected chi connectivity index (χ3v) is 5.30. The molecular weight excluding hydrogens is 324 g/mol. The molecule has 2 aromatic carbocycles. The summed E-state index contributed by atoms with van der Waals surface area (Å²) in [5.74, 6) is 0.0639. The van der Waals surface area contributed by atoms with Crippen LogP contribution in [-0.4, -0.2) is 40.5 Å². The topological polar surface area (TPSA) is 58.6 Å². The summed E-state index contributed by atoms with van der Waals surface area (Å²) in [5.41, 5.74) is 2.56. The Morgan fingerprint density at radius 1 is 0.958 bits per heavy atom. The van der Waals surface area contributed by atoms with Crippen molar-refractivity contribution < 1.29 is 13.2 Å². The number of benzene rings is 2. The number of ether oxygens (including phenoxy) is 1. The molecule has 5 nitrogen and oxygen atoms in total. The van der Waals surface area contributed by atoms with Gasteiger partial charge in [0.2, 0.25) is 10.0 Å². The molecule has 0 saturated carbocycles. The van der Waals surface area contributed by atoms with Gasteiger partial charge in [0.15, 0.2) is 0 Å². The monoisotopic (exact) mass is 346 g/mol. The number of nitrogens with one attached hydrogen (secondary N) is 1. The van der Waals surface area contributed by atoms with Crippen LogP contribution in [0.4, 0.5) is 11.4 Å². The van der Waals surface area contributed by atoms with Crippen LogP contribution in [0.5, 0.6) is 0 Å². The lowest BCUT2D eigenvalue weighted by Crippen LogP contribution is -2.36. The maximum atomic E-state index is 12.5. The second-order valence-corrected chi connectivity index (χ2v) is 7.61. The predicted octanol–water partition coefficient (Wildman–Crippen LogP) is 2.51. The van der Waals surface area contributed by atoms with Crippen molar-refractivity contribution in [1.82, 2.24) is 0 Å². The van der Waals surface area contributed by atoms with E-state index in [1.165, 1.54) is 0 Å². The first-order chi connectivity index (χ1) is 11.6. The first kappa shape index (κ1) is 16.8. The number of hydrogen-bond acceptors (Lipinski definition) is 4. The van der Waals surface area contributed by atoms with Gasteiger partial charge in [-0.25, -0.2) is 8.42 Å². The van der Waals surface area contributed by atoms with E-state index in [1.807, 2.05) is 54.6 Å². The zero-order valence-corrected chi connectivity index (χ0v) is 14.3. The smallest absolute Gasteiger partial charge is 0.233 e. The van der Waals surface area contributed by atoms with Crippen LogP contribution in [0.2, 0.25) is 0 Å². The largest absolute Gasteiger partial charge is 0.378 e. The van der Waals surface area contributed by atoms with Crippen LogP contribution < -0.4 is 9.62 Å². The summed E-state index contributed by atoms with van der Waals surface area (Å²) >= 11 is 0. The Hall–Kier alpha value is -2.05. The van der Waals surface area contributed by atoms with E-state index in [2.05, 4.69) is 9.62 Å². The third-order valence-electron chi connectivity index (χ3n) is 4.02. The van der Waals surface area contributed by atoms with Crippen LogP contribution >= 0.6 is 0 Å². The molecule has 128 valence electrons. The first-order valence-electron chi connectivity index (χ1n) is 8.10. The van der Waals surface area contributed by atoms with E-state index in [1.54, 1.807) is 0 Å². The van der Waals surface area contributed by atoms with Gasteiger partial charge in [0.1, 0.15) is 0 Å². The van der Waals surface area contributed by atoms with E-state index >= 15 is 0 Å². The molecule has 1 heterocycles. The molecular formula is C18H22N2O3S. The predicted molar refractivity (Wildman–Crippen MR) is 97.0 cm³/mol. The number of nitrogens with zero attached hydrogens (tertiary/aromatic N) is 1. The minimum Gasteiger partial charge on any atom is -0.378 e. The van der Waals surface area contributed by atoms with Crippen molar-refractivity contribution in [1.29, 1.82) is 0 Å². The average molecular weight is 346 g/mol. The third kappa shape index (κ3) is 4.49. The Bertz CT molecular complexity index is 757. The zero-order chi connectivity index (χ0) is 16.8. The van der Waals surface area contributed by atoms with Gasteiger partial charge in [0.05, 0.1) is 30.3 Å². The summed E-state index contributed by atoms with van der Waals surface area (Å²) in [4.78, 5) is 2.15. The van der Waals surface area contributed by atoms with E-state index in [9.17, 15) is 8.42 Å². The highest BCUT2D eigenvalue weighted by Crippen LogP contribution is 2.27. The van der Waals surface area contributed by atoms with Crippen molar-refractivity contribution in [2.45, 2.75) is 6.42 Å². The van der Waals surface area contributed by atoms with Gasteiger partial charge in [0, 0.05) is 13.1 Å². The minimum atomic E-state index is -3.40. The van der Waals surface area contributed by atoms with E-state index in [-0.39, 0.29) is 5.75 Å². The molecule has 1 aliphatic heterocycles. The maximum absolute atomic E-state index is 12.5. The lowest BCUT2D eigenvalue weighted by molar-refractivity contribution is 0.123. The molecule has 0 aromatic heterocycles. The molecule has 1 aliphatic rings. The summed E-state index contributed by atoms with van der Waals surface area (Å²) in [7, 11) is -3.40. The molecule has 24 heavy (non-hydrogen) atoms. The van der Waals surface area contributed by atoms with Gasteiger partial charge < -0.3 is 9.64 Å². The molecule has 0 radical (unpaired) electrons. The molecule has 2 aromatic rings. The number of aryl methyl sites for hydroxylation is 1. The molecule has 0 bridgehead atoms. The lowest BCUT2D eigenvalue weighted by Gasteiger charge is -2.30. The van der Waals surface area contributed by atoms with Crippen LogP contribution in [-0.2, 0) is 21.2 Å². The van der Waals surface area contributed by atoms with Gasteiger partial charge in [-0.3, -0.25) is 4.72 Å². The highest BCUT2D eigenvalue weighted by Gasteiger charge is 2.18. The molecule has 0 atom stereocenters. The van der Waals surface area contributed by atoms with Crippen LogP contribution in [0.25, 0.3) is 0 Å². The van der Waals surface area contributed by atoms with Crippen molar-refractivity contribution in [3.05, 3.63) is 60.2 Å². The van der Waals surface area contributed by atoms with Crippen molar-refractivity contribution in [3.63, 3.8) is 0 Å². The Balaban J connectivity index is 1.70. The van der Waals surface area contributed by atoms with Gasteiger partial charge >= 0.3 is 0 Å². The molecule has 1 fully saturated rings. The van der Waals surface area contributed by atoms with Gasteiger partial charge in [-0.2, -0.15) is 0 Å². The lowest BCUT2D eigenvalue weighted by atomic mass is 10.2. The summed E-state index contributed by atoms with van der Waals surface area (Å²) in [5, 5.41) is 0. The van der Waals surface area contributed by atoms with E-state index in [0.29, 0.717) is 25.3 Å². The van der Waals surface area contributed by atoms with E-state index < -0.39 is 10.0 Å². The normalized spacial score (nSPS) is 15.2. The zero-order valence-electron chi connectivity index (χ0n) is 13.5. The molecule has 1 N–H and O–H groups in total. The molecule has 0 unspecified atom stereocenters. The second kappa shape index (κ2) is 7.68. The average Bonchev–Trinajstić information content (AvgIpc) is 2.62. The summed E-state index contributed by atoms with van der Waals surface area (Å²) in [6.07, 6.45) is 0.496. The number of anilines is 2. The van der Waals surface area contributed by atoms with Crippen molar-refractivity contribution in [2.75, 3.05) is 41.7 Å². The Labute approximate surface area is 143 Å². The van der Waals surface area contributed by atoms with Gasteiger partial charge in [0.25, 0.3) is 0 Å². The number of hydrogen-bond donors (Lipinski definition) is 1. The molecule has 6 heteroatoms. The highest BCUT2D eigenvalue weighted by atomic mass is 32.2. The number of sulfonamides is 1. The van der Waals surface area contributed by atoms with Crippen LogP contribution in [0.15, 0.2) is 54.6 Å². The second-order valence-electron chi connectivity index (χ2n) is 5.77. The molecule has 0 amide bonds. The van der Waals surface area contributed by atoms with Crippen LogP contribution in [0, 0.1) is 0 Å². The number of para-hydroxylation sites is 2. The van der Waals surface area contributed by atoms with Gasteiger partial charge in [-0.05, 0) is 24.1 Å². The van der Waals surface area contributed by atoms with Gasteiger partial charge in [-0.1, -0.05) is 42.5 Å². The molecule has 1 saturated heterocycles. The van der Waals surface area contributed by atoms with E-state index in [4.69, 9.17) is 4.74 Å². The fourth-order valence-electron chi connectivity index (χ4n) is 2.76. The Morgan fingerprint density at radius 2 is 1.62 bits per heavy atom. The maximum Gasteiger partial charge on any atom is 0.233 e. The highest BCUT2D eigenvalue weighted by molar-refractivity contribution is 7.92. The van der Waals surface area contributed by atoms with Crippen molar-refractivity contribution in [2.24, 2.45) is 0 Å². The summed E-state index contributed by atoms with van der Waals surface area (Å²) < 4.78 is 33.0. The molecule has 0 spiro atoms. The van der Waals surface area contributed by atoms with Crippen molar-refractivity contribution >= 4 is 21.4 Å². The fraction of sp³-hybridized carbons (Fsp3) is 0.333. The van der Waals surface area contributed by atoms with Gasteiger partial charge in [-0.15, -0.1) is 0 Å².